The molecule has 0 radical (unpaired) electrons. The Balaban J connectivity index is 1.33. The number of anilines is 5. The maximum absolute atomic E-state index is 14.1. The number of urea groups is 1. The summed E-state index contributed by atoms with van der Waals surface area (Å²) in [5.74, 6) is 0.577. The molecule has 5 aromatic rings. The van der Waals surface area contributed by atoms with Crippen molar-refractivity contribution < 1.29 is 9.59 Å². The largest absolute Gasteiger partial charge is 0.334 e. The highest BCUT2D eigenvalue weighted by Gasteiger charge is 2.33. The Morgan fingerprint density at radius 3 is 2.66 bits per heavy atom. The van der Waals surface area contributed by atoms with E-state index in [9.17, 15) is 9.59 Å². The molecule has 0 bridgehead atoms. The average Bonchev–Trinajstić information content (AvgIpc) is 3.38. The number of amides is 3. The second-order valence-corrected chi connectivity index (χ2v) is 10.9. The topological polar surface area (TPSA) is 112 Å². The van der Waals surface area contributed by atoms with Crippen LogP contribution in [-0.4, -0.2) is 61.9 Å². The number of nitrogens with zero attached hydrogens (tertiary/aromatic N) is 7. The fourth-order valence-electron chi connectivity index (χ4n) is 5.05. The van der Waals surface area contributed by atoms with Gasteiger partial charge in [-0.1, -0.05) is 42.5 Å². The smallest absolute Gasteiger partial charge is 0.330 e. The van der Waals surface area contributed by atoms with E-state index in [-0.39, 0.29) is 11.9 Å². The number of hydrogen-bond acceptors (Lipinski definition) is 7. The van der Waals surface area contributed by atoms with Crippen LogP contribution in [0.1, 0.15) is 11.1 Å². The van der Waals surface area contributed by atoms with Gasteiger partial charge in [0.2, 0.25) is 11.9 Å². The number of fused-ring (bicyclic) bond motifs is 2. The molecule has 1 aliphatic rings. The van der Waals surface area contributed by atoms with Crippen LogP contribution >= 0.6 is 0 Å². The molecule has 3 aromatic carbocycles. The number of imidazole rings is 1. The number of hydrogen-bond donors (Lipinski definition) is 2. The minimum Gasteiger partial charge on any atom is -0.334 e. The molecule has 222 valence electrons. The first-order valence-corrected chi connectivity index (χ1v) is 14.2. The van der Waals surface area contributed by atoms with Crippen molar-refractivity contribution in [2.45, 2.75) is 13.1 Å². The van der Waals surface area contributed by atoms with Crippen molar-refractivity contribution in [3.63, 3.8) is 0 Å². The fourth-order valence-corrected chi connectivity index (χ4v) is 5.05. The van der Waals surface area contributed by atoms with Crippen molar-refractivity contribution >= 4 is 51.8 Å². The number of carbonyl (C=O) groups is 2. The number of carbonyl (C=O) groups excluding carboxylic acids is 2. The third kappa shape index (κ3) is 6.27. The van der Waals surface area contributed by atoms with E-state index >= 15 is 0 Å². The quantitative estimate of drug-likeness (QED) is 0.221. The van der Waals surface area contributed by atoms with E-state index in [4.69, 9.17) is 4.98 Å². The van der Waals surface area contributed by atoms with Crippen LogP contribution in [-0.2, 0) is 24.9 Å². The number of rotatable bonds is 9. The third-order valence-electron chi connectivity index (χ3n) is 7.19. The second kappa shape index (κ2) is 12.4. The minimum atomic E-state index is -0.251. The highest BCUT2D eigenvalue weighted by Crippen LogP contribution is 2.36. The van der Waals surface area contributed by atoms with Crippen molar-refractivity contribution in [1.82, 2.24) is 29.3 Å². The standard InChI is InChI=1S/C33H33N9O2/c1-39(2)16-8-13-30(43)36-25-11-7-12-27(17-25)42-31-24(21-41(33(42)44)20-23-9-5-4-6-10-23)19-34-32(38-31)37-26-14-15-29-28(18-26)35-22-40(29)3/h4-15,17-19,22H,16,20-21H2,1-3H3,(H,36,43)(H,34,37,38)/b13-8+. The van der Waals surface area contributed by atoms with Gasteiger partial charge in [0, 0.05) is 49.3 Å². The summed E-state index contributed by atoms with van der Waals surface area (Å²) in [6, 6.07) is 22.7. The van der Waals surface area contributed by atoms with Gasteiger partial charge in [0.05, 0.1) is 29.6 Å². The van der Waals surface area contributed by atoms with Crippen LogP contribution < -0.4 is 15.5 Å². The monoisotopic (exact) mass is 587 g/mol. The average molecular weight is 588 g/mol. The molecule has 6 rings (SSSR count). The highest BCUT2D eigenvalue weighted by molar-refractivity contribution is 6.03. The summed E-state index contributed by atoms with van der Waals surface area (Å²) in [6.07, 6.45) is 6.82. The van der Waals surface area contributed by atoms with Crippen molar-refractivity contribution in [3.8, 4) is 0 Å². The Bertz CT molecular complexity index is 1850. The first-order chi connectivity index (χ1) is 21.3. The van der Waals surface area contributed by atoms with Crippen molar-refractivity contribution in [3.05, 3.63) is 109 Å². The van der Waals surface area contributed by atoms with Gasteiger partial charge in [-0.05, 0) is 56.1 Å². The molecular weight excluding hydrogens is 554 g/mol. The zero-order chi connectivity index (χ0) is 30.6. The lowest BCUT2D eigenvalue weighted by Crippen LogP contribution is -2.45. The molecule has 0 unspecified atom stereocenters. The van der Waals surface area contributed by atoms with E-state index in [1.54, 1.807) is 46.6 Å². The van der Waals surface area contributed by atoms with E-state index in [2.05, 4.69) is 20.6 Å². The molecule has 0 fully saturated rings. The van der Waals surface area contributed by atoms with Gasteiger partial charge in [0.25, 0.3) is 0 Å². The van der Waals surface area contributed by atoms with Crippen LogP contribution in [0.2, 0.25) is 0 Å². The normalized spacial score (nSPS) is 13.1. The Morgan fingerprint density at radius 1 is 1.00 bits per heavy atom. The molecule has 3 heterocycles. The number of likely N-dealkylation sites (N-methyl/N-ethyl adjacent to an activating group) is 1. The van der Waals surface area contributed by atoms with E-state index in [1.165, 1.54) is 6.08 Å². The van der Waals surface area contributed by atoms with Gasteiger partial charge in [-0.25, -0.2) is 19.7 Å². The molecule has 2 N–H and O–H groups in total. The fraction of sp³-hybridized carbons (Fsp3) is 0.182. The summed E-state index contributed by atoms with van der Waals surface area (Å²) in [5.41, 5.74) is 5.58. The minimum absolute atomic E-state index is 0.227. The Kier molecular flexibility index (Phi) is 8.02. The lowest BCUT2D eigenvalue weighted by molar-refractivity contribution is -0.111. The summed E-state index contributed by atoms with van der Waals surface area (Å²) >= 11 is 0. The van der Waals surface area contributed by atoms with E-state index in [1.807, 2.05) is 85.2 Å². The summed E-state index contributed by atoms with van der Waals surface area (Å²) in [7, 11) is 5.82. The predicted molar refractivity (Wildman–Crippen MR) is 172 cm³/mol. The second-order valence-electron chi connectivity index (χ2n) is 10.9. The summed E-state index contributed by atoms with van der Waals surface area (Å²) in [4.78, 5) is 45.8. The summed E-state index contributed by atoms with van der Waals surface area (Å²) < 4.78 is 1.95. The molecule has 11 heteroatoms. The SMILES string of the molecule is CN(C)C/C=C/C(=O)Nc1cccc(N2C(=O)N(Cc3ccccc3)Cc3cnc(Nc4ccc5c(c4)ncn5C)nc32)c1. The van der Waals surface area contributed by atoms with Gasteiger partial charge >= 0.3 is 6.03 Å². The van der Waals surface area contributed by atoms with E-state index < -0.39 is 0 Å². The molecule has 0 saturated heterocycles. The molecule has 44 heavy (non-hydrogen) atoms. The number of nitrogens with one attached hydrogen (secondary N) is 2. The van der Waals surface area contributed by atoms with Crippen LogP contribution in [0.3, 0.4) is 0 Å². The first kappa shape index (κ1) is 28.6. The number of aromatic nitrogens is 4. The molecule has 0 aliphatic carbocycles. The zero-order valence-corrected chi connectivity index (χ0v) is 24.8. The van der Waals surface area contributed by atoms with Crippen LogP contribution in [0, 0.1) is 0 Å². The highest BCUT2D eigenvalue weighted by atomic mass is 16.2. The Morgan fingerprint density at radius 2 is 1.84 bits per heavy atom. The molecule has 0 saturated carbocycles. The van der Waals surface area contributed by atoms with Crippen LogP contribution in [0.5, 0.6) is 0 Å². The molecule has 0 spiro atoms. The van der Waals surface area contributed by atoms with Crippen LogP contribution in [0.15, 0.2) is 97.5 Å². The number of benzene rings is 3. The van der Waals surface area contributed by atoms with Gasteiger partial charge in [-0.15, -0.1) is 0 Å². The van der Waals surface area contributed by atoms with Crippen molar-refractivity contribution in [2.75, 3.05) is 36.2 Å². The van der Waals surface area contributed by atoms with Crippen molar-refractivity contribution in [1.29, 1.82) is 0 Å². The lowest BCUT2D eigenvalue weighted by Gasteiger charge is -2.36. The predicted octanol–water partition coefficient (Wildman–Crippen LogP) is 5.44. The maximum atomic E-state index is 14.1. The third-order valence-corrected chi connectivity index (χ3v) is 7.19. The van der Waals surface area contributed by atoms with Gasteiger partial charge in [-0.3, -0.25) is 4.79 Å². The molecule has 11 nitrogen and oxygen atoms in total. The molecular formula is C33H33N9O2. The lowest BCUT2D eigenvalue weighted by atomic mass is 10.1. The van der Waals surface area contributed by atoms with Crippen LogP contribution in [0.4, 0.5) is 33.6 Å². The maximum Gasteiger partial charge on any atom is 0.330 e. The van der Waals surface area contributed by atoms with E-state index in [0.717, 1.165) is 27.8 Å². The molecule has 1 aliphatic heterocycles. The Hall–Kier alpha value is -5.55. The van der Waals surface area contributed by atoms with Gasteiger partial charge in [0.15, 0.2) is 5.82 Å². The molecule has 0 atom stereocenters. The summed E-state index contributed by atoms with van der Waals surface area (Å²) in [5, 5.41) is 6.16. The van der Waals surface area contributed by atoms with Crippen molar-refractivity contribution in [2.24, 2.45) is 7.05 Å². The first-order valence-electron chi connectivity index (χ1n) is 14.2. The zero-order valence-electron chi connectivity index (χ0n) is 24.8. The van der Waals surface area contributed by atoms with Gasteiger partial charge < -0.3 is 25.0 Å². The van der Waals surface area contributed by atoms with Gasteiger partial charge in [0.1, 0.15) is 0 Å². The van der Waals surface area contributed by atoms with Gasteiger partial charge in [-0.2, -0.15) is 4.98 Å². The molecule has 3 amide bonds. The van der Waals surface area contributed by atoms with Crippen LogP contribution in [0.25, 0.3) is 11.0 Å². The number of aryl methyl sites for hydroxylation is 1. The Labute approximate surface area is 255 Å². The van der Waals surface area contributed by atoms with E-state index in [0.29, 0.717) is 42.8 Å². The molecule has 2 aromatic heterocycles. The summed E-state index contributed by atoms with van der Waals surface area (Å²) in [6.45, 7) is 1.43.